The van der Waals surface area contributed by atoms with E-state index in [2.05, 4.69) is 4.74 Å². The molecule has 1 aromatic carbocycles. The molecule has 0 unspecified atom stereocenters. The predicted molar refractivity (Wildman–Crippen MR) is 74.9 cm³/mol. The minimum absolute atomic E-state index is 0.0192. The minimum atomic E-state index is -0.338. The van der Waals surface area contributed by atoms with Crippen LogP contribution in [-0.4, -0.2) is 18.9 Å². The summed E-state index contributed by atoms with van der Waals surface area (Å²) in [5, 5.41) is 0. The molecule has 1 rings (SSSR count). The van der Waals surface area contributed by atoms with Crippen molar-refractivity contribution in [3.8, 4) is 0 Å². The van der Waals surface area contributed by atoms with E-state index in [0.29, 0.717) is 5.56 Å². The van der Waals surface area contributed by atoms with Crippen molar-refractivity contribution in [3.63, 3.8) is 0 Å². The van der Waals surface area contributed by atoms with Crippen molar-refractivity contribution in [2.45, 2.75) is 19.3 Å². The number of unbranched alkanes of at least 4 members (excludes halogenated alkanes) is 2. The van der Waals surface area contributed by atoms with Gasteiger partial charge in [0.05, 0.1) is 7.11 Å². The number of hydrogen-bond donors (Lipinski definition) is 0. The van der Waals surface area contributed by atoms with Gasteiger partial charge in [-0.3, -0.25) is 4.79 Å². The van der Waals surface area contributed by atoms with E-state index in [1.807, 2.05) is 24.3 Å². The van der Waals surface area contributed by atoms with Crippen LogP contribution in [-0.2, 0) is 9.53 Å². The zero-order valence-corrected chi connectivity index (χ0v) is 11.0. The number of rotatable bonds is 7. The molecule has 0 aliphatic heterocycles. The lowest BCUT2D eigenvalue weighted by Gasteiger charge is -1.94. The number of carbonyl (C=O) groups is 2. The highest BCUT2D eigenvalue weighted by atomic mass is 16.5. The predicted octanol–water partition coefficient (Wildman–Crippen LogP) is 3.33. The highest BCUT2D eigenvalue weighted by Crippen LogP contribution is 2.03. The first-order valence-electron chi connectivity index (χ1n) is 6.24. The van der Waals surface area contributed by atoms with Gasteiger partial charge in [-0.2, -0.15) is 0 Å². The van der Waals surface area contributed by atoms with Gasteiger partial charge in [0.15, 0.2) is 5.78 Å². The molecule has 100 valence electrons. The number of carbonyl (C=O) groups excluding carboxylic acids is 2. The number of allylic oxidation sites excluding steroid dienone is 3. The number of methoxy groups -OCH3 is 1. The fraction of sp³-hybridized carbons (Fsp3) is 0.250. The van der Waals surface area contributed by atoms with E-state index in [1.165, 1.54) is 13.2 Å². The van der Waals surface area contributed by atoms with Crippen LogP contribution in [0.3, 0.4) is 0 Å². The van der Waals surface area contributed by atoms with Gasteiger partial charge in [-0.05, 0) is 25.3 Å². The summed E-state index contributed by atoms with van der Waals surface area (Å²) in [7, 11) is 1.35. The lowest BCUT2D eigenvalue weighted by Crippen LogP contribution is -1.93. The van der Waals surface area contributed by atoms with Gasteiger partial charge in [0, 0.05) is 11.6 Å². The molecule has 0 radical (unpaired) electrons. The molecular weight excluding hydrogens is 240 g/mol. The first kappa shape index (κ1) is 14.9. The van der Waals surface area contributed by atoms with Crippen molar-refractivity contribution in [1.82, 2.24) is 0 Å². The molecule has 0 aliphatic carbocycles. The SMILES string of the molecule is COC(=O)/C=C/CCC/C=C/C(=O)c1ccccc1. The first-order chi connectivity index (χ1) is 9.24. The fourth-order valence-corrected chi connectivity index (χ4v) is 1.49. The van der Waals surface area contributed by atoms with E-state index in [4.69, 9.17) is 0 Å². The summed E-state index contributed by atoms with van der Waals surface area (Å²) >= 11 is 0. The molecular formula is C16H18O3. The van der Waals surface area contributed by atoms with Crippen LogP contribution in [0.4, 0.5) is 0 Å². The summed E-state index contributed by atoms with van der Waals surface area (Å²) < 4.78 is 4.47. The normalized spacial score (nSPS) is 11.0. The zero-order chi connectivity index (χ0) is 13.9. The van der Waals surface area contributed by atoms with Gasteiger partial charge in [0.25, 0.3) is 0 Å². The Kier molecular flexibility index (Phi) is 6.95. The van der Waals surface area contributed by atoms with Crippen molar-refractivity contribution in [1.29, 1.82) is 0 Å². The van der Waals surface area contributed by atoms with Gasteiger partial charge < -0.3 is 4.74 Å². The molecule has 0 spiro atoms. The molecule has 0 aromatic heterocycles. The Hall–Kier alpha value is -2.16. The van der Waals surface area contributed by atoms with Gasteiger partial charge >= 0.3 is 5.97 Å². The molecule has 0 atom stereocenters. The van der Waals surface area contributed by atoms with E-state index in [0.717, 1.165) is 19.3 Å². The van der Waals surface area contributed by atoms with E-state index >= 15 is 0 Å². The molecule has 3 heteroatoms. The van der Waals surface area contributed by atoms with Gasteiger partial charge in [-0.25, -0.2) is 4.79 Å². The second-order valence-corrected chi connectivity index (χ2v) is 3.99. The summed E-state index contributed by atoms with van der Waals surface area (Å²) in [4.78, 5) is 22.5. The molecule has 0 amide bonds. The topological polar surface area (TPSA) is 43.4 Å². The first-order valence-corrected chi connectivity index (χ1v) is 6.24. The van der Waals surface area contributed by atoms with Crippen molar-refractivity contribution in [2.75, 3.05) is 7.11 Å². The van der Waals surface area contributed by atoms with Crippen LogP contribution in [0.2, 0.25) is 0 Å². The Morgan fingerprint density at radius 1 is 1.05 bits per heavy atom. The molecule has 19 heavy (non-hydrogen) atoms. The maximum absolute atomic E-state index is 11.7. The Morgan fingerprint density at radius 2 is 1.68 bits per heavy atom. The van der Waals surface area contributed by atoms with Gasteiger partial charge in [0.1, 0.15) is 0 Å². The molecule has 3 nitrogen and oxygen atoms in total. The Balaban J connectivity index is 2.22. The molecule has 0 saturated heterocycles. The molecule has 0 aliphatic rings. The molecule has 0 fully saturated rings. The monoisotopic (exact) mass is 258 g/mol. The highest BCUT2D eigenvalue weighted by molar-refractivity contribution is 6.04. The highest BCUT2D eigenvalue weighted by Gasteiger charge is 1.98. The average Bonchev–Trinajstić information content (AvgIpc) is 2.46. The van der Waals surface area contributed by atoms with Crippen LogP contribution < -0.4 is 0 Å². The third-order valence-corrected chi connectivity index (χ3v) is 2.52. The van der Waals surface area contributed by atoms with Crippen molar-refractivity contribution < 1.29 is 14.3 Å². The van der Waals surface area contributed by atoms with E-state index in [-0.39, 0.29) is 11.8 Å². The summed E-state index contributed by atoms with van der Waals surface area (Å²) in [5.74, 6) is -0.319. The Bertz CT molecular complexity index is 458. The van der Waals surface area contributed by atoms with Crippen LogP contribution in [0.1, 0.15) is 29.6 Å². The number of ether oxygens (including phenoxy) is 1. The van der Waals surface area contributed by atoms with Crippen molar-refractivity contribution in [2.24, 2.45) is 0 Å². The van der Waals surface area contributed by atoms with Crippen molar-refractivity contribution >= 4 is 11.8 Å². The smallest absolute Gasteiger partial charge is 0.330 e. The van der Waals surface area contributed by atoms with Gasteiger partial charge in [-0.15, -0.1) is 0 Å². The Morgan fingerprint density at radius 3 is 2.32 bits per heavy atom. The number of benzene rings is 1. The quantitative estimate of drug-likeness (QED) is 0.326. The molecule has 1 aromatic rings. The third-order valence-electron chi connectivity index (χ3n) is 2.52. The molecule has 0 saturated carbocycles. The summed E-state index contributed by atoms with van der Waals surface area (Å²) in [6.07, 6.45) is 9.15. The largest absolute Gasteiger partial charge is 0.466 e. The van der Waals surface area contributed by atoms with Crippen LogP contribution in [0.25, 0.3) is 0 Å². The number of esters is 1. The summed E-state index contributed by atoms with van der Waals surface area (Å²) in [6, 6.07) is 9.17. The van der Waals surface area contributed by atoms with E-state index in [1.54, 1.807) is 24.3 Å². The maximum Gasteiger partial charge on any atom is 0.330 e. The van der Waals surface area contributed by atoms with Gasteiger partial charge in [0.2, 0.25) is 0 Å². The standard InChI is InChI=1S/C16H18O3/c1-19-16(18)13-9-4-2-3-8-12-15(17)14-10-6-5-7-11-14/h5-13H,2-4H2,1H3/b12-8+,13-9+. The zero-order valence-electron chi connectivity index (χ0n) is 11.0. The fourth-order valence-electron chi connectivity index (χ4n) is 1.49. The summed E-state index contributed by atoms with van der Waals surface area (Å²) in [5.41, 5.74) is 0.698. The summed E-state index contributed by atoms with van der Waals surface area (Å²) in [6.45, 7) is 0. The van der Waals surface area contributed by atoms with Crippen LogP contribution in [0.5, 0.6) is 0 Å². The lowest BCUT2D eigenvalue weighted by molar-refractivity contribution is -0.134. The van der Waals surface area contributed by atoms with Crippen LogP contribution in [0.15, 0.2) is 54.6 Å². The maximum atomic E-state index is 11.7. The minimum Gasteiger partial charge on any atom is -0.466 e. The third kappa shape index (κ3) is 6.36. The second-order valence-electron chi connectivity index (χ2n) is 3.99. The van der Waals surface area contributed by atoms with Crippen LogP contribution >= 0.6 is 0 Å². The van der Waals surface area contributed by atoms with E-state index < -0.39 is 0 Å². The van der Waals surface area contributed by atoms with Crippen LogP contribution in [0, 0.1) is 0 Å². The number of hydrogen-bond acceptors (Lipinski definition) is 3. The lowest BCUT2D eigenvalue weighted by atomic mass is 10.1. The van der Waals surface area contributed by atoms with Gasteiger partial charge in [-0.1, -0.05) is 42.5 Å². The molecule has 0 bridgehead atoms. The van der Waals surface area contributed by atoms with E-state index in [9.17, 15) is 9.59 Å². The molecule has 0 N–H and O–H groups in total. The number of ketones is 1. The molecule has 0 heterocycles. The van der Waals surface area contributed by atoms with Crippen molar-refractivity contribution in [3.05, 3.63) is 60.2 Å². The Labute approximate surface area is 113 Å². The average molecular weight is 258 g/mol. The second kappa shape index (κ2) is 8.86.